The maximum Gasteiger partial charge on any atom is -0.0258 e. The van der Waals surface area contributed by atoms with Crippen LogP contribution in [0.3, 0.4) is 0 Å². The van der Waals surface area contributed by atoms with E-state index in [0.29, 0.717) is 5.41 Å². The summed E-state index contributed by atoms with van der Waals surface area (Å²) >= 11 is 0. The summed E-state index contributed by atoms with van der Waals surface area (Å²) in [6.07, 6.45) is 7.86. The van der Waals surface area contributed by atoms with E-state index in [0.717, 1.165) is 35.5 Å². The maximum absolute atomic E-state index is 4.65. The molecule has 75 valence electrons. The topological polar surface area (TPSA) is 0 Å². The molecule has 14 heavy (non-hydrogen) atoms. The van der Waals surface area contributed by atoms with Gasteiger partial charge in [-0.1, -0.05) is 0 Å². The fourth-order valence-electron chi connectivity index (χ4n) is 7.05. The largest absolute Gasteiger partial charge is 0.0470 e. The molecule has 0 amide bonds. The standard InChI is InChI=1S/C14H19/c1-14-5-11-8-2-7-3-9(11)13(14)10(4-7)12(8)6-14/h7-13H,1-6H2. The zero-order valence-electron chi connectivity index (χ0n) is 8.78. The molecule has 0 aromatic carbocycles. The van der Waals surface area contributed by atoms with Crippen molar-refractivity contribution < 1.29 is 0 Å². The molecule has 6 fully saturated rings. The van der Waals surface area contributed by atoms with E-state index in [2.05, 4.69) is 6.92 Å². The van der Waals surface area contributed by atoms with Crippen LogP contribution in [0.25, 0.3) is 0 Å². The molecule has 0 spiro atoms. The van der Waals surface area contributed by atoms with Crippen LogP contribution in [0.1, 0.15) is 32.1 Å². The Morgan fingerprint density at radius 2 is 1.36 bits per heavy atom. The first-order valence-corrected chi connectivity index (χ1v) is 6.62. The van der Waals surface area contributed by atoms with Crippen LogP contribution < -0.4 is 0 Å². The van der Waals surface area contributed by atoms with Crippen molar-refractivity contribution in [3.8, 4) is 0 Å². The van der Waals surface area contributed by atoms with Crippen molar-refractivity contribution in [1.82, 2.24) is 0 Å². The monoisotopic (exact) mass is 187 g/mol. The average Bonchev–Trinajstić information content (AvgIpc) is 2.58. The third-order valence-electron chi connectivity index (χ3n) is 6.93. The molecule has 0 aliphatic heterocycles. The van der Waals surface area contributed by atoms with Gasteiger partial charge >= 0.3 is 0 Å². The highest BCUT2D eigenvalue weighted by Gasteiger charge is 2.71. The highest BCUT2D eigenvalue weighted by atomic mass is 14.8. The second kappa shape index (κ2) is 1.83. The van der Waals surface area contributed by atoms with E-state index in [1.165, 1.54) is 18.8 Å². The predicted octanol–water partition coefficient (Wildman–Crippen LogP) is 3.14. The zero-order chi connectivity index (χ0) is 9.08. The van der Waals surface area contributed by atoms with Crippen LogP contribution in [0, 0.1) is 53.8 Å². The maximum atomic E-state index is 4.65. The second-order valence-corrected chi connectivity index (χ2v) is 7.19. The van der Waals surface area contributed by atoms with Crippen LogP contribution in [-0.2, 0) is 0 Å². The van der Waals surface area contributed by atoms with Crippen LogP contribution in [0.15, 0.2) is 0 Å². The van der Waals surface area contributed by atoms with Gasteiger partial charge in [0.25, 0.3) is 0 Å². The molecule has 0 heteroatoms. The minimum atomic E-state index is 0.580. The molecule has 6 rings (SSSR count). The van der Waals surface area contributed by atoms with Crippen molar-refractivity contribution >= 4 is 0 Å². The molecule has 6 aliphatic carbocycles. The van der Waals surface area contributed by atoms with Gasteiger partial charge in [-0.2, -0.15) is 0 Å². The molecule has 6 aliphatic rings. The van der Waals surface area contributed by atoms with Gasteiger partial charge in [0, 0.05) is 0 Å². The summed E-state index contributed by atoms with van der Waals surface area (Å²) in [5, 5.41) is 0. The van der Waals surface area contributed by atoms with Crippen molar-refractivity contribution in [2.45, 2.75) is 32.1 Å². The third-order valence-corrected chi connectivity index (χ3v) is 6.93. The van der Waals surface area contributed by atoms with Crippen molar-refractivity contribution in [3.05, 3.63) is 6.92 Å². The Morgan fingerprint density at radius 3 is 2.00 bits per heavy atom. The first-order chi connectivity index (χ1) is 6.76. The van der Waals surface area contributed by atoms with E-state index >= 15 is 0 Å². The van der Waals surface area contributed by atoms with E-state index in [9.17, 15) is 0 Å². The molecule has 1 radical (unpaired) electrons. The van der Waals surface area contributed by atoms with Gasteiger partial charge in [0.2, 0.25) is 0 Å². The Hall–Kier alpha value is 0. The number of rotatable bonds is 0. The van der Waals surface area contributed by atoms with Crippen LogP contribution in [-0.4, -0.2) is 0 Å². The molecular weight excluding hydrogens is 168 g/mol. The lowest BCUT2D eigenvalue weighted by Gasteiger charge is -2.56. The van der Waals surface area contributed by atoms with Gasteiger partial charge in [-0.25, -0.2) is 0 Å². The highest BCUT2D eigenvalue weighted by Crippen LogP contribution is 2.78. The summed E-state index contributed by atoms with van der Waals surface area (Å²) in [6, 6.07) is 0. The molecular formula is C14H19. The number of hydrogen-bond donors (Lipinski definition) is 0. The minimum absolute atomic E-state index is 0.580. The smallest absolute Gasteiger partial charge is 0.0258 e. The zero-order valence-corrected chi connectivity index (χ0v) is 8.78. The Morgan fingerprint density at radius 1 is 0.786 bits per heavy atom. The molecule has 0 N–H and O–H groups in total. The lowest BCUT2D eigenvalue weighted by Crippen LogP contribution is -2.49. The average molecular weight is 187 g/mol. The Kier molecular flexibility index (Phi) is 0.954. The molecule has 4 unspecified atom stereocenters. The Bertz CT molecular complexity index is 294. The molecule has 6 saturated carbocycles. The molecule has 0 nitrogen and oxygen atoms in total. The molecule has 7 bridgehead atoms. The van der Waals surface area contributed by atoms with Gasteiger partial charge in [-0.05, 0) is 85.9 Å². The summed E-state index contributed by atoms with van der Waals surface area (Å²) in [4.78, 5) is 0. The van der Waals surface area contributed by atoms with Gasteiger partial charge in [-0.15, -0.1) is 0 Å². The first-order valence-electron chi connectivity index (χ1n) is 6.62. The second-order valence-electron chi connectivity index (χ2n) is 7.19. The number of hydrogen-bond acceptors (Lipinski definition) is 0. The van der Waals surface area contributed by atoms with Crippen LogP contribution in [0.2, 0.25) is 0 Å². The summed E-state index contributed by atoms with van der Waals surface area (Å²) in [5.74, 6) is 7.99. The summed E-state index contributed by atoms with van der Waals surface area (Å²) in [7, 11) is 0. The van der Waals surface area contributed by atoms with Gasteiger partial charge < -0.3 is 0 Å². The summed E-state index contributed by atoms with van der Waals surface area (Å²) in [6.45, 7) is 4.65. The van der Waals surface area contributed by atoms with E-state index < -0.39 is 0 Å². The molecule has 0 aromatic heterocycles. The van der Waals surface area contributed by atoms with E-state index in [1.807, 2.05) is 0 Å². The molecule has 0 heterocycles. The minimum Gasteiger partial charge on any atom is -0.0470 e. The highest BCUT2D eigenvalue weighted by molar-refractivity contribution is 5.22. The van der Waals surface area contributed by atoms with E-state index in [4.69, 9.17) is 0 Å². The lowest BCUT2D eigenvalue weighted by atomic mass is 9.49. The van der Waals surface area contributed by atoms with Crippen molar-refractivity contribution in [2.24, 2.45) is 46.8 Å². The predicted molar refractivity (Wildman–Crippen MR) is 55.3 cm³/mol. The normalized spacial score (nSPS) is 76.5. The van der Waals surface area contributed by atoms with Crippen molar-refractivity contribution in [1.29, 1.82) is 0 Å². The quantitative estimate of drug-likeness (QED) is 0.546. The van der Waals surface area contributed by atoms with Crippen LogP contribution >= 0.6 is 0 Å². The SMILES string of the molecule is [CH2]C12CC3C4CC5CC3C1C(C5)C4C2. The van der Waals surface area contributed by atoms with Crippen LogP contribution in [0.5, 0.6) is 0 Å². The van der Waals surface area contributed by atoms with Crippen molar-refractivity contribution in [2.75, 3.05) is 0 Å². The fraction of sp³-hybridized carbons (Fsp3) is 0.929. The Labute approximate surface area is 86.5 Å². The van der Waals surface area contributed by atoms with Gasteiger partial charge in [-0.3, -0.25) is 0 Å². The fourth-order valence-corrected chi connectivity index (χ4v) is 7.05. The van der Waals surface area contributed by atoms with Crippen LogP contribution in [0.4, 0.5) is 0 Å². The molecule has 0 saturated heterocycles. The first kappa shape index (κ1) is 7.30. The summed E-state index contributed by atoms with van der Waals surface area (Å²) in [5.41, 5.74) is 0.580. The summed E-state index contributed by atoms with van der Waals surface area (Å²) < 4.78 is 0. The third kappa shape index (κ3) is 0.537. The molecule has 4 atom stereocenters. The molecule has 0 aromatic rings. The van der Waals surface area contributed by atoms with Gasteiger partial charge in [0.1, 0.15) is 0 Å². The Balaban J connectivity index is 1.77. The van der Waals surface area contributed by atoms with Gasteiger partial charge in [0.15, 0.2) is 0 Å². The van der Waals surface area contributed by atoms with E-state index in [1.54, 1.807) is 19.3 Å². The van der Waals surface area contributed by atoms with Crippen molar-refractivity contribution in [3.63, 3.8) is 0 Å². The van der Waals surface area contributed by atoms with Gasteiger partial charge in [0.05, 0.1) is 0 Å². The van der Waals surface area contributed by atoms with E-state index in [-0.39, 0.29) is 0 Å². The lowest BCUT2D eigenvalue weighted by molar-refractivity contribution is -0.0766.